The Balaban J connectivity index is 1.70. The molecular weight excluding hydrogens is 438 g/mol. The van der Waals surface area contributed by atoms with Gasteiger partial charge in [-0.1, -0.05) is 0 Å². The van der Waals surface area contributed by atoms with Gasteiger partial charge in [0.2, 0.25) is 6.29 Å². The number of non-ortho nitro benzene ring substituents is 1. The zero-order valence-electron chi connectivity index (χ0n) is 16.5. The normalized spacial score (nSPS) is 40.1. The minimum absolute atomic E-state index is 0.0804. The number of nitro benzene ring substituents is 1. The van der Waals surface area contributed by atoms with Crippen LogP contribution in [0.4, 0.5) is 5.69 Å². The van der Waals surface area contributed by atoms with Gasteiger partial charge in [-0.3, -0.25) is 10.1 Å². The summed E-state index contributed by atoms with van der Waals surface area (Å²) in [7, 11) is 0. The molecule has 0 radical (unpaired) electrons. The summed E-state index contributed by atoms with van der Waals surface area (Å²) in [4.78, 5) is 10.1. The highest BCUT2D eigenvalue weighted by atomic mass is 16.7. The number of hydrogen-bond acceptors (Lipinski definition) is 13. The van der Waals surface area contributed by atoms with E-state index in [-0.39, 0.29) is 11.4 Å². The fourth-order valence-corrected chi connectivity index (χ4v) is 3.43. The molecule has 0 aliphatic carbocycles. The molecule has 2 heterocycles. The molecule has 1 aromatic rings. The summed E-state index contributed by atoms with van der Waals surface area (Å²) in [5.41, 5.74) is -0.191. The molecule has 7 N–H and O–H groups in total. The van der Waals surface area contributed by atoms with Crippen LogP contribution in [0.1, 0.15) is 0 Å². The van der Waals surface area contributed by atoms with Gasteiger partial charge in [0, 0.05) is 12.1 Å². The van der Waals surface area contributed by atoms with E-state index in [4.69, 9.17) is 18.9 Å². The summed E-state index contributed by atoms with van der Waals surface area (Å²) in [5, 5.41) is 80.4. The van der Waals surface area contributed by atoms with Crippen LogP contribution >= 0.6 is 0 Å². The lowest BCUT2D eigenvalue weighted by Crippen LogP contribution is -2.65. The van der Waals surface area contributed by atoms with Gasteiger partial charge >= 0.3 is 0 Å². The third-order valence-electron chi connectivity index (χ3n) is 5.26. The topological polar surface area (TPSA) is 222 Å². The molecule has 14 nitrogen and oxygen atoms in total. The zero-order chi connectivity index (χ0) is 23.6. The Morgan fingerprint density at radius 3 is 1.94 bits per heavy atom. The molecule has 10 atom stereocenters. The van der Waals surface area contributed by atoms with Crippen LogP contribution in [0.25, 0.3) is 0 Å². The van der Waals surface area contributed by atoms with Gasteiger partial charge in [-0.25, -0.2) is 0 Å². The van der Waals surface area contributed by atoms with Crippen LogP contribution in [0.3, 0.4) is 0 Å². The van der Waals surface area contributed by atoms with Gasteiger partial charge in [-0.05, 0) is 12.1 Å². The molecule has 14 heteroatoms. The third-order valence-corrected chi connectivity index (χ3v) is 5.26. The maximum Gasteiger partial charge on any atom is 0.269 e. The van der Waals surface area contributed by atoms with Crippen LogP contribution in [-0.2, 0) is 14.2 Å². The molecule has 2 aliphatic rings. The average Bonchev–Trinajstić information content (AvgIpc) is 2.79. The van der Waals surface area contributed by atoms with E-state index in [9.17, 15) is 45.9 Å². The Hall–Kier alpha value is -1.98. The molecule has 0 spiro atoms. The number of aliphatic hydroxyl groups excluding tert-OH is 7. The van der Waals surface area contributed by atoms with Gasteiger partial charge in [-0.15, -0.1) is 0 Å². The van der Waals surface area contributed by atoms with Crippen molar-refractivity contribution in [3.05, 3.63) is 34.4 Å². The number of rotatable bonds is 7. The van der Waals surface area contributed by atoms with Crippen molar-refractivity contribution in [3.8, 4) is 5.75 Å². The lowest BCUT2D eigenvalue weighted by molar-refractivity contribution is -0.384. The molecule has 3 rings (SSSR count). The number of benzene rings is 1. The molecule has 1 aromatic carbocycles. The molecule has 0 bridgehead atoms. The average molecular weight is 463 g/mol. The van der Waals surface area contributed by atoms with E-state index < -0.39 is 79.5 Å². The van der Waals surface area contributed by atoms with E-state index in [1.807, 2.05) is 0 Å². The Morgan fingerprint density at radius 1 is 0.812 bits per heavy atom. The number of hydrogen-bond donors (Lipinski definition) is 7. The molecule has 180 valence electrons. The molecule has 0 saturated carbocycles. The quantitative estimate of drug-likeness (QED) is 0.155. The fraction of sp³-hybridized carbons (Fsp3) is 0.667. The molecule has 2 aliphatic heterocycles. The van der Waals surface area contributed by atoms with Crippen molar-refractivity contribution >= 4 is 5.69 Å². The number of aliphatic hydroxyl groups is 7. The van der Waals surface area contributed by atoms with Crippen LogP contribution in [0.5, 0.6) is 5.75 Å². The standard InChI is InChI=1S/C18H25NO13/c20-5-9-11(22)12(23)14(25)18(30-9)32-16-10(6-21)31-17(15(26)13(16)24)29-8-3-1-7(2-4-8)19(27)28/h1-4,9-18,20-26H,5-6H2/t9-,10-,11-,12+,13-,14-,15-,16+,17+,18-/m1/s1. The minimum atomic E-state index is -1.77. The van der Waals surface area contributed by atoms with E-state index in [0.29, 0.717) is 0 Å². The van der Waals surface area contributed by atoms with Crippen molar-refractivity contribution in [2.24, 2.45) is 0 Å². The first-order valence-corrected chi connectivity index (χ1v) is 9.67. The van der Waals surface area contributed by atoms with Gasteiger partial charge in [0.05, 0.1) is 18.1 Å². The summed E-state index contributed by atoms with van der Waals surface area (Å²) in [6.07, 6.45) is -15.7. The van der Waals surface area contributed by atoms with Gasteiger partial charge in [0.25, 0.3) is 5.69 Å². The molecule has 32 heavy (non-hydrogen) atoms. The van der Waals surface area contributed by atoms with Crippen molar-refractivity contribution < 1.29 is 59.6 Å². The highest BCUT2D eigenvalue weighted by Crippen LogP contribution is 2.30. The lowest BCUT2D eigenvalue weighted by atomic mass is 9.97. The second-order valence-corrected chi connectivity index (χ2v) is 7.37. The third kappa shape index (κ3) is 4.99. The second-order valence-electron chi connectivity index (χ2n) is 7.37. The lowest BCUT2D eigenvalue weighted by Gasteiger charge is -2.45. The van der Waals surface area contributed by atoms with Crippen molar-refractivity contribution in [1.29, 1.82) is 0 Å². The maximum atomic E-state index is 10.7. The van der Waals surface area contributed by atoms with Crippen molar-refractivity contribution in [3.63, 3.8) is 0 Å². The van der Waals surface area contributed by atoms with Gasteiger partial charge in [-0.2, -0.15) is 0 Å². The van der Waals surface area contributed by atoms with E-state index in [1.165, 1.54) is 12.1 Å². The molecule has 0 aromatic heterocycles. The van der Waals surface area contributed by atoms with Crippen molar-refractivity contribution in [1.82, 2.24) is 0 Å². The second kappa shape index (κ2) is 10.3. The first-order valence-electron chi connectivity index (χ1n) is 9.67. The smallest absolute Gasteiger partial charge is 0.269 e. The number of ether oxygens (including phenoxy) is 4. The highest BCUT2D eigenvalue weighted by Gasteiger charge is 2.51. The van der Waals surface area contributed by atoms with Crippen LogP contribution in [0.2, 0.25) is 0 Å². The van der Waals surface area contributed by atoms with Gasteiger partial charge in [0.15, 0.2) is 6.29 Å². The van der Waals surface area contributed by atoms with Crippen LogP contribution in [-0.4, -0.2) is 115 Å². The summed E-state index contributed by atoms with van der Waals surface area (Å²) in [5.74, 6) is 0.0804. The number of nitrogens with zero attached hydrogens (tertiary/aromatic N) is 1. The Bertz CT molecular complexity index is 760. The SMILES string of the molecule is O=[N+]([O-])c1ccc(O[C@H]2O[C@H](CO)[C@H](O[C@H]3O[C@H](CO)[C@@H](O)[C@H](O)[C@H]3O)[C@H](O)[C@H]2O)cc1. The monoisotopic (exact) mass is 463 g/mol. The number of nitro groups is 1. The minimum Gasteiger partial charge on any atom is -0.462 e. The van der Waals surface area contributed by atoms with Crippen LogP contribution in [0, 0.1) is 10.1 Å². The maximum absolute atomic E-state index is 10.7. The molecule has 0 amide bonds. The fourth-order valence-electron chi connectivity index (χ4n) is 3.43. The molecule has 2 saturated heterocycles. The van der Waals surface area contributed by atoms with Gasteiger partial charge < -0.3 is 54.7 Å². The Morgan fingerprint density at radius 2 is 1.38 bits per heavy atom. The zero-order valence-corrected chi connectivity index (χ0v) is 16.5. The predicted octanol–water partition coefficient (Wildman–Crippen LogP) is -3.40. The highest BCUT2D eigenvalue weighted by molar-refractivity contribution is 5.36. The van der Waals surface area contributed by atoms with E-state index in [2.05, 4.69) is 0 Å². The van der Waals surface area contributed by atoms with Crippen molar-refractivity contribution in [2.75, 3.05) is 13.2 Å². The summed E-state index contributed by atoms with van der Waals surface area (Å²) in [6.45, 7) is -1.42. The summed E-state index contributed by atoms with van der Waals surface area (Å²) in [6, 6.07) is 4.83. The van der Waals surface area contributed by atoms with E-state index in [0.717, 1.165) is 12.1 Å². The first-order chi connectivity index (χ1) is 15.2. The van der Waals surface area contributed by atoms with E-state index >= 15 is 0 Å². The first kappa shape index (κ1) is 24.7. The van der Waals surface area contributed by atoms with E-state index in [1.54, 1.807) is 0 Å². The summed E-state index contributed by atoms with van der Waals surface area (Å²) < 4.78 is 21.5. The predicted molar refractivity (Wildman–Crippen MR) is 100 cm³/mol. The van der Waals surface area contributed by atoms with Crippen LogP contribution in [0.15, 0.2) is 24.3 Å². The molecule has 0 unspecified atom stereocenters. The molecule has 2 fully saturated rings. The summed E-state index contributed by atoms with van der Waals surface area (Å²) >= 11 is 0. The van der Waals surface area contributed by atoms with Crippen molar-refractivity contribution in [2.45, 2.75) is 61.4 Å². The molecular formula is C18H25NO13. The Kier molecular flexibility index (Phi) is 7.94. The van der Waals surface area contributed by atoms with Crippen LogP contribution < -0.4 is 4.74 Å². The largest absolute Gasteiger partial charge is 0.462 e. The Labute approximate surface area is 180 Å². The van der Waals surface area contributed by atoms with Gasteiger partial charge in [0.1, 0.15) is 54.6 Å².